The number of hydrogen-bond donors (Lipinski definition) is 3. The molecule has 5 heteroatoms. The Morgan fingerprint density at radius 1 is 0.958 bits per heavy atom. The molecule has 0 heterocycles. The van der Waals surface area contributed by atoms with Crippen LogP contribution in [-0.4, -0.2) is 24.9 Å². The van der Waals surface area contributed by atoms with Crippen molar-refractivity contribution in [2.24, 2.45) is 0 Å². The van der Waals surface area contributed by atoms with Crippen molar-refractivity contribution in [2.75, 3.05) is 23.7 Å². The lowest BCUT2D eigenvalue weighted by atomic mass is 10.1. The van der Waals surface area contributed by atoms with Gasteiger partial charge in [-0.15, -0.1) is 0 Å². The second kappa shape index (κ2) is 11.5. The van der Waals surface area contributed by atoms with E-state index >= 15 is 0 Å². The van der Waals surface area contributed by atoms with Gasteiger partial charge in [0.05, 0.1) is 6.54 Å². The van der Waals surface area contributed by atoms with E-state index in [-0.39, 0.29) is 18.4 Å². The fourth-order valence-electron chi connectivity index (χ4n) is 2.40. The van der Waals surface area contributed by atoms with Gasteiger partial charge < -0.3 is 16.0 Å². The van der Waals surface area contributed by atoms with E-state index in [2.05, 4.69) is 22.9 Å². The maximum Gasteiger partial charge on any atom is 0.239 e. The van der Waals surface area contributed by atoms with Gasteiger partial charge in [-0.25, -0.2) is 0 Å². The lowest BCUT2D eigenvalue weighted by Crippen LogP contribution is -2.30. The van der Waals surface area contributed by atoms with Crippen LogP contribution >= 0.6 is 0 Å². The van der Waals surface area contributed by atoms with Crippen molar-refractivity contribution in [3.05, 3.63) is 23.8 Å². The summed E-state index contributed by atoms with van der Waals surface area (Å²) in [4.78, 5) is 23.4. The molecule has 1 rings (SSSR count). The quantitative estimate of drug-likeness (QED) is 0.539. The summed E-state index contributed by atoms with van der Waals surface area (Å²) in [6.45, 7) is 6.91. The van der Waals surface area contributed by atoms with Gasteiger partial charge in [0.2, 0.25) is 11.8 Å². The van der Waals surface area contributed by atoms with Gasteiger partial charge in [-0.05, 0) is 31.0 Å². The average molecular weight is 333 g/mol. The Labute approximate surface area is 145 Å². The Bertz CT molecular complexity index is 529. The van der Waals surface area contributed by atoms with Crippen LogP contribution in [0.4, 0.5) is 11.4 Å². The van der Waals surface area contributed by atoms with Gasteiger partial charge in [0, 0.05) is 24.3 Å². The second-order valence-corrected chi connectivity index (χ2v) is 6.00. The van der Waals surface area contributed by atoms with Crippen LogP contribution in [0.1, 0.15) is 57.9 Å². The van der Waals surface area contributed by atoms with Crippen LogP contribution in [0, 0.1) is 6.92 Å². The van der Waals surface area contributed by atoms with Crippen molar-refractivity contribution >= 4 is 23.2 Å². The van der Waals surface area contributed by atoms with E-state index in [0.717, 1.165) is 29.9 Å². The summed E-state index contributed by atoms with van der Waals surface area (Å²) < 4.78 is 0. The molecule has 1 aromatic carbocycles. The van der Waals surface area contributed by atoms with Crippen LogP contribution in [0.15, 0.2) is 18.2 Å². The van der Waals surface area contributed by atoms with E-state index in [1.54, 1.807) is 0 Å². The zero-order chi connectivity index (χ0) is 17.8. The average Bonchev–Trinajstić information content (AvgIpc) is 2.58. The third-order valence-electron chi connectivity index (χ3n) is 3.97. The van der Waals surface area contributed by atoms with Crippen LogP contribution in [0.2, 0.25) is 0 Å². The SMILES string of the molecule is CCCCCCCNC(=O)CNc1cccc(NC(=O)CC)c1C. The van der Waals surface area contributed by atoms with E-state index in [1.165, 1.54) is 25.7 Å². The maximum atomic E-state index is 11.9. The molecule has 1 aromatic rings. The monoisotopic (exact) mass is 333 g/mol. The maximum absolute atomic E-state index is 11.9. The first-order valence-electron chi connectivity index (χ1n) is 8.98. The smallest absolute Gasteiger partial charge is 0.239 e. The number of carbonyl (C=O) groups excluding carboxylic acids is 2. The summed E-state index contributed by atoms with van der Waals surface area (Å²) in [5.74, 6) is -0.0241. The van der Waals surface area contributed by atoms with Crippen LogP contribution in [0.3, 0.4) is 0 Å². The highest BCUT2D eigenvalue weighted by molar-refractivity contribution is 5.92. The molecule has 2 amide bonds. The van der Waals surface area contributed by atoms with Gasteiger partial charge in [-0.3, -0.25) is 9.59 Å². The number of anilines is 2. The Morgan fingerprint density at radius 2 is 1.67 bits per heavy atom. The lowest BCUT2D eigenvalue weighted by Gasteiger charge is -2.14. The summed E-state index contributed by atoms with van der Waals surface area (Å²) in [6, 6.07) is 5.64. The van der Waals surface area contributed by atoms with Gasteiger partial charge in [-0.1, -0.05) is 45.6 Å². The van der Waals surface area contributed by atoms with Crippen molar-refractivity contribution in [2.45, 2.75) is 59.3 Å². The van der Waals surface area contributed by atoms with Crippen LogP contribution in [0.25, 0.3) is 0 Å². The van der Waals surface area contributed by atoms with Crippen molar-refractivity contribution < 1.29 is 9.59 Å². The Kier molecular flexibility index (Phi) is 9.58. The number of amides is 2. The van der Waals surface area contributed by atoms with Gasteiger partial charge in [0.15, 0.2) is 0 Å². The number of nitrogens with one attached hydrogen (secondary N) is 3. The first kappa shape index (κ1) is 20.0. The van der Waals surface area contributed by atoms with Crippen molar-refractivity contribution in [3.8, 4) is 0 Å². The molecule has 3 N–H and O–H groups in total. The van der Waals surface area contributed by atoms with Crippen LogP contribution in [0.5, 0.6) is 0 Å². The molecular weight excluding hydrogens is 302 g/mol. The minimum atomic E-state index is -0.0175. The third kappa shape index (κ3) is 7.49. The molecule has 0 bridgehead atoms. The van der Waals surface area contributed by atoms with Crippen molar-refractivity contribution in [3.63, 3.8) is 0 Å². The minimum absolute atomic E-state index is 0.00658. The standard InChI is InChI=1S/C19H31N3O2/c1-4-6-7-8-9-13-20-19(24)14-21-16-11-10-12-17(15(16)3)22-18(23)5-2/h10-12,21H,4-9,13-14H2,1-3H3,(H,20,24)(H,22,23). The summed E-state index contributed by atoms with van der Waals surface area (Å²) >= 11 is 0. The number of carbonyl (C=O) groups is 2. The fraction of sp³-hybridized carbons (Fsp3) is 0.579. The van der Waals surface area contributed by atoms with Gasteiger partial charge in [-0.2, -0.15) is 0 Å². The molecule has 0 aromatic heterocycles. The lowest BCUT2D eigenvalue weighted by molar-refractivity contribution is -0.119. The highest BCUT2D eigenvalue weighted by atomic mass is 16.2. The number of unbranched alkanes of at least 4 members (excludes halogenated alkanes) is 4. The zero-order valence-electron chi connectivity index (χ0n) is 15.2. The fourth-order valence-corrected chi connectivity index (χ4v) is 2.40. The summed E-state index contributed by atoms with van der Waals surface area (Å²) in [5, 5.41) is 8.94. The van der Waals surface area contributed by atoms with E-state index in [1.807, 2.05) is 32.0 Å². The first-order valence-corrected chi connectivity index (χ1v) is 8.98. The predicted molar refractivity (Wildman–Crippen MR) is 100 cm³/mol. The van der Waals surface area contributed by atoms with E-state index in [0.29, 0.717) is 6.42 Å². The predicted octanol–water partition coefficient (Wildman–Crippen LogP) is 3.84. The summed E-state index contributed by atoms with van der Waals surface area (Å²) in [6.07, 6.45) is 6.37. The third-order valence-corrected chi connectivity index (χ3v) is 3.97. The summed E-state index contributed by atoms with van der Waals surface area (Å²) in [5.41, 5.74) is 2.58. The molecule has 0 atom stereocenters. The Balaban J connectivity index is 2.37. The molecule has 0 aliphatic rings. The normalized spacial score (nSPS) is 10.3. The molecule has 5 nitrogen and oxygen atoms in total. The Morgan fingerprint density at radius 3 is 2.38 bits per heavy atom. The minimum Gasteiger partial charge on any atom is -0.376 e. The molecule has 0 fully saturated rings. The molecule has 0 saturated heterocycles. The molecule has 24 heavy (non-hydrogen) atoms. The number of hydrogen-bond acceptors (Lipinski definition) is 3. The molecule has 134 valence electrons. The highest BCUT2D eigenvalue weighted by Gasteiger charge is 2.07. The van der Waals surface area contributed by atoms with Crippen molar-refractivity contribution in [1.82, 2.24) is 5.32 Å². The zero-order valence-corrected chi connectivity index (χ0v) is 15.2. The van der Waals surface area contributed by atoms with Crippen LogP contribution in [-0.2, 0) is 9.59 Å². The molecule has 0 aliphatic heterocycles. The molecule has 0 spiro atoms. The summed E-state index contributed by atoms with van der Waals surface area (Å²) in [7, 11) is 0. The van der Waals surface area contributed by atoms with E-state index in [9.17, 15) is 9.59 Å². The highest BCUT2D eigenvalue weighted by Crippen LogP contribution is 2.23. The second-order valence-electron chi connectivity index (χ2n) is 6.00. The van der Waals surface area contributed by atoms with Gasteiger partial charge in [0.25, 0.3) is 0 Å². The van der Waals surface area contributed by atoms with Crippen LogP contribution < -0.4 is 16.0 Å². The molecule has 0 radical (unpaired) electrons. The van der Waals surface area contributed by atoms with E-state index < -0.39 is 0 Å². The van der Waals surface area contributed by atoms with Gasteiger partial charge >= 0.3 is 0 Å². The molecular formula is C19H31N3O2. The largest absolute Gasteiger partial charge is 0.376 e. The molecule has 0 aliphatic carbocycles. The van der Waals surface area contributed by atoms with Crippen molar-refractivity contribution in [1.29, 1.82) is 0 Å². The number of rotatable bonds is 11. The number of benzene rings is 1. The topological polar surface area (TPSA) is 70.2 Å². The first-order chi connectivity index (χ1) is 11.6. The van der Waals surface area contributed by atoms with E-state index in [4.69, 9.17) is 0 Å². The Hall–Kier alpha value is -2.04. The van der Waals surface area contributed by atoms with Gasteiger partial charge in [0.1, 0.15) is 0 Å². The molecule has 0 unspecified atom stereocenters. The molecule has 0 saturated carbocycles.